The second-order valence-electron chi connectivity index (χ2n) is 4.94. The van der Waals surface area contributed by atoms with Gasteiger partial charge in [0.25, 0.3) is 5.91 Å². The Bertz CT molecular complexity index is 581. The maximum Gasteiger partial charge on any atom is 0.265 e. The fourth-order valence-corrected chi connectivity index (χ4v) is 2.33. The topological polar surface area (TPSA) is 29.5 Å². The summed E-state index contributed by atoms with van der Waals surface area (Å²) in [6, 6.07) is 17.2. The molecule has 0 saturated heterocycles. The van der Waals surface area contributed by atoms with Crippen molar-refractivity contribution in [1.82, 2.24) is 0 Å². The van der Waals surface area contributed by atoms with E-state index in [1.165, 1.54) is 0 Å². The zero-order valence-electron chi connectivity index (χ0n) is 12.1. The summed E-state index contributed by atoms with van der Waals surface area (Å²) in [5.74, 6) is 0.627. The van der Waals surface area contributed by atoms with Gasteiger partial charge in [-0.25, -0.2) is 0 Å². The molecule has 21 heavy (non-hydrogen) atoms. The fraction of sp³-hybridized carbons (Fsp3) is 0.235. The highest BCUT2D eigenvalue weighted by atomic mass is 79.9. The molecule has 3 nitrogen and oxygen atoms in total. The number of para-hydroxylation sites is 1. The number of hydrogen-bond donors (Lipinski definition) is 0. The second kappa shape index (κ2) is 7.27. The van der Waals surface area contributed by atoms with Crippen LogP contribution in [-0.4, -0.2) is 18.6 Å². The lowest BCUT2D eigenvalue weighted by Gasteiger charge is -2.26. The zero-order chi connectivity index (χ0) is 15.2. The number of carbonyl (C=O) groups is 1. The maximum absolute atomic E-state index is 12.4. The molecule has 0 radical (unpaired) electrons. The van der Waals surface area contributed by atoms with E-state index in [0.29, 0.717) is 5.75 Å². The van der Waals surface area contributed by atoms with Crippen molar-refractivity contribution in [3.63, 3.8) is 0 Å². The van der Waals surface area contributed by atoms with E-state index in [4.69, 9.17) is 4.74 Å². The molecular formula is C17H18BrNO2. The molecule has 1 amide bonds. The van der Waals surface area contributed by atoms with E-state index >= 15 is 0 Å². The first-order valence-electron chi connectivity index (χ1n) is 6.83. The van der Waals surface area contributed by atoms with Crippen molar-refractivity contribution in [2.45, 2.75) is 19.9 Å². The van der Waals surface area contributed by atoms with Gasteiger partial charge in [0, 0.05) is 16.2 Å². The van der Waals surface area contributed by atoms with Crippen LogP contribution in [0.5, 0.6) is 5.75 Å². The zero-order valence-corrected chi connectivity index (χ0v) is 13.7. The molecule has 2 aromatic carbocycles. The lowest BCUT2D eigenvalue weighted by molar-refractivity contribution is -0.120. The van der Waals surface area contributed by atoms with Crippen LogP contribution in [0.3, 0.4) is 0 Å². The Balaban J connectivity index is 2.04. The smallest absolute Gasteiger partial charge is 0.265 e. The summed E-state index contributed by atoms with van der Waals surface area (Å²) in [5, 5.41) is 0. The normalized spacial score (nSPS) is 10.5. The van der Waals surface area contributed by atoms with Crippen molar-refractivity contribution < 1.29 is 9.53 Å². The van der Waals surface area contributed by atoms with Gasteiger partial charge in [0.15, 0.2) is 6.61 Å². The largest absolute Gasteiger partial charge is 0.484 e. The van der Waals surface area contributed by atoms with Gasteiger partial charge in [-0.3, -0.25) is 4.79 Å². The average molecular weight is 348 g/mol. The monoisotopic (exact) mass is 347 g/mol. The van der Waals surface area contributed by atoms with Gasteiger partial charge >= 0.3 is 0 Å². The van der Waals surface area contributed by atoms with Crippen LogP contribution in [-0.2, 0) is 4.79 Å². The number of anilines is 1. The summed E-state index contributed by atoms with van der Waals surface area (Å²) in [7, 11) is 0. The highest BCUT2D eigenvalue weighted by Gasteiger charge is 2.19. The van der Waals surface area contributed by atoms with Crippen LogP contribution in [0.2, 0.25) is 0 Å². The third kappa shape index (κ3) is 4.33. The van der Waals surface area contributed by atoms with Crippen LogP contribution in [0.4, 0.5) is 5.69 Å². The summed E-state index contributed by atoms with van der Waals surface area (Å²) in [6.45, 7) is 4.00. The molecule has 0 bridgehead atoms. The van der Waals surface area contributed by atoms with E-state index in [2.05, 4.69) is 15.9 Å². The summed E-state index contributed by atoms with van der Waals surface area (Å²) < 4.78 is 6.54. The molecule has 0 aromatic heterocycles. The predicted octanol–water partition coefficient (Wildman–Crippen LogP) is 4.27. The van der Waals surface area contributed by atoms with Crippen molar-refractivity contribution in [2.75, 3.05) is 11.5 Å². The fourth-order valence-electron chi connectivity index (χ4n) is 2.06. The molecule has 110 valence electrons. The Kier molecular flexibility index (Phi) is 5.39. The van der Waals surface area contributed by atoms with Gasteiger partial charge < -0.3 is 9.64 Å². The number of amides is 1. The van der Waals surface area contributed by atoms with Gasteiger partial charge in [-0.2, -0.15) is 0 Å². The van der Waals surface area contributed by atoms with E-state index in [1.807, 2.05) is 68.4 Å². The van der Waals surface area contributed by atoms with Gasteiger partial charge in [0.1, 0.15) is 5.75 Å². The summed E-state index contributed by atoms with van der Waals surface area (Å²) in [4.78, 5) is 14.2. The van der Waals surface area contributed by atoms with Gasteiger partial charge in [0.2, 0.25) is 0 Å². The van der Waals surface area contributed by atoms with Gasteiger partial charge in [-0.05, 0) is 50.2 Å². The van der Waals surface area contributed by atoms with Crippen molar-refractivity contribution >= 4 is 27.5 Å². The Morgan fingerprint density at radius 3 is 2.29 bits per heavy atom. The Hall–Kier alpha value is -1.81. The molecule has 0 unspecified atom stereocenters. The summed E-state index contributed by atoms with van der Waals surface area (Å²) in [6.07, 6.45) is 0. The number of nitrogens with zero attached hydrogens (tertiary/aromatic N) is 1. The maximum atomic E-state index is 12.4. The SMILES string of the molecule is CC(C)N(C(=O)COc1ccc(Br)cc1)c1ccccc1. The highest BCUT2D eigenvalue weighted by molar-refractivity contribution is 9.10. The Morgan fingerprint density at radius 1 is 1.10 bits per heavy atom. The minimum Gasteiger partial charge on any atom is -0.484 e. The predicted molar refractivity (Wildman–Crippen MR) is 88.7 cm³/mol. The third-order valence-corrected chi connectivity index (χ3v) is 3.52. The average Bonchev–Trinajstić information content (AvgIpc) is 2.47. The summed E-state index contributed by atoms with van der Waals surface area (Å²) >= 11 is 3.37. The first-order valence-corrected chi connectivity index (χ1v) is 7.62. The minimum absolute atomic E-state index is 0.0225. The molecule has 0 aliphatic heterocycles. The number of hydrogen-bond acceptors (Lipinski definition) is 2. The van der Waals surface area contributed by atoms with Crippen molar-refractivity contribution in [3.05, 3.63) is 59.1 Å². The molecule has 2 aromatic rings. The Labute approximate surface area is 133 Å². The van der Waals surface area contributed by atoms with E-state index < -0.39 is 0 Å². The quantitative estimate of drug-likeness (QED) is 0.808. The summed E-state index contributed by atoms with van der Waals surface area (Å²) in [5.41, 5.74) is 0.886. The number of rotatable bonds is 5. The highest BCUT2D eigenvalue weighted by Crippen LogP contribution is 2.19. The van der Waals surface area contributed by atoms with E-state index in [0.717, 1.165) is 10.2 Å². The molecule has 0 spiro atoms. The van der Waals surface area contributed by atoms with Crippen LogP contribution >= 0.6 is 15.9 Å². The van der Waals surface area contributed by atoms with E-state index in [-0.39, 0.29) is 18.6 Å². The van der Waals surface area contributed by atoms with Crippen LogP contribution < -0.4 is 9.64 Å². The van der Waals surface area contributed by atoms with Crippen molar-refractivity contribution in [1.29, 1.82) is 0 Å². The van der Waals surface area contributed by atoms with Crippen LogP contribution in [0.1, 0.15) is 13.8 Å². The molecule has 4 heteroatoms. The molecule has 0 atom stereocenters. The molecule has 0 N–H and O–H groups in total. The standard InChI is InChI=1S/C17H18BrNO2/c1-13(2)19(15-6-4-3-5-7-15)17(20)12-21-16-10-8-14(18)9-11-16/h3-11,13H,12H2,1-2H3. The second-order valence-corrected chi connectivity index (χ2v) is 5.85. The van der Waals surface area contributed by atoms with Gasteiger partial charge in [0.05, 0.1) is 0 Å². The van der Waals surface area contributed by atoms with Crippen LogP contribution in [0.15, 0.2) is 59.1 Å². The molecular weight excluding hydrogens is 330 g/mol. The number of benzene rings is 2. The lowest BCUT2D eigenvalue weighted by Crippen LogP contribution is -2.40. The first kappa shape index (κ1) is 15.6. The van der Waals surface area contributed by atoms with E-state index in [1.54, 1.807) is 4.90 Å². The van der Waals surface area contributed by atoms with Crippen molar-refractivity contribution in [2.24, 2.45) is 0 Å². The van der Waals surface area contributed by atoms with Gasteiger partial charge in [-0.15, -0.1) is 0 Å². The number of carbonyl (C=O) groups excluding carboxylic acids is 1. The number of ether oxygens (including phenoxy) is 1. The molecule has 0 heterocycles. The molecule has 0 aliphatic rings. The van der Waals surface area contributed by atoms with Crippen LogP contribution in [0.25, 0.3) is 0 Å². The van der Waals surface area contributed by atoms with E-state index in [9.17, 15) is 4.79 Å². The van der Waals surface area contributed by atoms with Crippen molar-refractivity contribution in [3.8, 4) is 5.75 Å². The molecule has 0 saturated carbocycles. The number of halogens is 1. The van der Waals surface area contributed by atoms with Gasteiger partial charge in [-0.1, -0.05) is 34.1 Å². The first-order chi connectivity index (χ1) is 10.1. The lowest BCUT2D eigenvalue weighted by atomic mass is 10.2. The molecule has 2 rings (SSSR count). The molecule has 0 fully saturated rings. The Morgan fingerprint density at radius 2 is 1.71 bits per heavy atom. The minimum atomic E-state index is -0.0564. The third-order valence-electron chi connectivity index (χ3n) is 3.00. The molecule has 0 aliphatic carbocycles. The van der Waals surface area contributed by atoms with Crippen LogP contribution in [0, 0.1) is 0 Å².